The van der Waals surface area contributed by atoms with Gasteiger partial charge in [0.05, 0.1) is 0 Å². The second-order valence-corrected chi connectivity index (χ2v) is 3.39. The Morgan fingerprint density at radius 3 is 2.89 bits per heavy atom. The van der Waals surface area contributed by atoms with Gasteiger partial charge in [0.2, 0.25) is 0 Å². The number of allylic oxidation sites excluding steroid dienone is 2. The summed E-state index contributed by atoms with van der Waals surface area (Å²) < 4.78 is 0. The topological polar surface area (TPSA) is 17.1 Å². The van der Waals surface area contributed by atoms with Crippen LogP contribution >= 0.6 is 9.24 Å². The molecule has 0 heterocycles. The first-order valence-corrected chi connectivity index (χ1v) is 3.84. The smallest absolute Gasteiger partial charge is 0.162 e. The minimum Gasteiger partial charge on any atom is -0.294 e. The van der Waals surface area contributed by atoms with Crippen molar-refractivity contribution in [3.63, 3.8) is 0 Å². The predicted molar refractivity (Wildman–Crippen MR) is 41.4 cm³/mol. The van der Waals surface area contributed by atoms with Crippen LogP contribution in [0.2, 0.25) is 0 Å². The summed E-state index contributed by atoms with van der Waals surface area (Å²) in [5.74, 6) is 0.822. The number of carbonyl (C=O) groups is 1. The van der Waals surface area contributed by atoms with E-state index in [2.05, 4.69) is 16.2 Å². The highest BCUT2D eigenvalue weighted by atomic mass is 31.0. The van der Waals surface area contributed by atoms with Gasteiger partial charge in [0.25, 0.3) is 0 Å². The van der Waals surface area contributed by atoms with Gasteiger partial charge >= 0.3 is 0 Å². The zero-order valence-electron chi connectivity index (χ0n) is 5.50. The third-order valence-electron chi connectivity index (χ3n) is 1.58. The lowest BCUT2D eigenvalue weighted by Gasteiger charge is -2.15. The zero-order valence-corrected chi connectivity index (χ0v) is 6.66. The molecule has 0 bridgehead atoms. The molecule has 50 valence electrons. The van der Waals surface area contributed by atoms with E-state index in [9.17, 15) is 4.79 Å². The SMILES string of the molecule is C[C@@H]1C=CC(=O)[C@@H](P)C1. The molecule has 0 spiro atoms. The van der Waals surface area contributed by atoms with Crippen LogP contribution < -0.4 is 0 Å². The Morgan fingerprint density at radius 2 is 2.44 bits per heavy atom. The van der Waals surface area contributed by atoms with Crippen LogP contribution in [0, 0.1) is 5.92 Å². The molecule has 0 aromatic carbocycles. The Morgan fingerprint density at radius 1 is 1.78 bits per heavy atom. The Bertz CT molecular complexity index is 151. The van der Waals surface area contributed by atoms with E-state index in [4.69, 9.17) is 0 Å². The summed E-state index contributed by atoms with van der Waals surface area (Å²) in [5.41, 5.74) is 0.171. The van der Waals surface area contributed by atoms with Gasteiger partial charge in [0.1, 0.15) is 0 Å². The molecule has 1 rings (SSSR count). The van der Waals surface area contributed by atoms with Crippen molar-refractivity contribution < 1.29 is 4.79 Å². The van der Waals surface area contributed by atoms with Crippen LogP contribution in [0.4, 0.5) is 0 Å². The number of carbonyl (C=O) groups excluding carboxylic acids is 1. The van der Waals surface area contributed by atoms with Crippen LogP contribution in [0.25, 0.3) is 0 Å². The van der Waals surface area contributed by atoms with Gasteiger partial charge in [-0.05, 0) is 18.4 Å². The van der Waals surface area contributed by atoms with Gasteiger partial charge in [-0.2, -0.15) is 0 Å². The van der Waals surface area contributed by atoms with Gasteiger partial charge in [-0.25, -0.2) is 0 Å². The van der Waals surface area contributed by atoms with E-state index in [0.717, 1.165) is 6.42 Å². The summed E-state index contributed by atoms with van der Waals surface area (Å²) in [7, 11) is 2.57. The van der Waals surface area contributed by atoms with E-state index in [1.807, 2.05) is 6.08 Å². The lowest BCUT2D eigenvalue weighted by Crippen LogP contribution is -2.18. The van der Waals surface area contributed by atoms with Crippen molar-refractivity contribution in [2.45, 2.75) is 19.0 Å². The average Bonchev–Trinajstić information content (AvgIpc) is 1.80. The summed E-state index contributed by atoms with van der Waals surface area (Å²) in [6, 6.07) is 0. The van der Waals surface area contributed by atoms with Crippen molar-refractivity contribution in [2.75, 3.05) is 0 Å². The first-order valence-electron chi connectivity index (χ1n) is 3.18. The van der Waals surface area contributed by atoms with Crippen molar-refractivity contribution in [2.24, 2.45) is 5.92 Å². The third-order valence-corrected chi connectivity index (χ3v) is 2.18. The molecule has 1 nitrogen and oxygen atoms in total. The van der Waals surface area contributed by atoms with Gasteiger partial charge in [0.15, 0.2) is 5.78 Å². The number of hydrogen-bond donors (Lipinski definition) is 0. The molecule has 0 saturated carbocycles. The molecule has 0 radical (unpaired) electrons. The van der Waals surface area contributed by atoms with Gasteiger partial charge in [-0.1, -0.05) is 13.0 Å². The van der Waals surface area contributed by atoms with Crippen molar-refractivity contribution in [1.82, 2.24) is 0 Å². The molecule has 0 N–H and O–H groups in total. The third kappa shape index (κ3) is 1.62. The minimum absolute atomic E-state index is 0.171. The van der Waals surface area contributed by atoms with Gasteiger partial charge in [-0.3, -0.25) is 4.79 Å². The van der Waals surface area contributed by atoms with Crippen LogP contribution in [0.15, 0.2) is 12.2 Å². The molecule has 0 aromatic heterocycles. The standard InChI is InChI=1S/C7H11OP/c1-5-2-3-6(8)7(9)4-5/h2-3,5,7H,4,9H2,1H3/t5-,7+/m1/s1. The molecule has 3 atom stereocenters. The van der Waals surface area contributed by atoms with E-state index < -0.39 is 0 Å². The number of rotatable bonds is 0. The highest BCUT2D eigenvalue weighted by Crippen LogP contribution is 2.20. The Balaban J connectivity index is 2.65. The van der Waals surface area contributed by atoms with Crippen molar-refractivity contribution in [3.05, 3.63) is 12.2 Å². The molecule has 1 unspecified atom stereocenters. The van der Waals surface area contributed by atoms with E-state index in [1.165, 1.54) is 0 Å². The summed E-state index contributed by atoms with van der Waals surface area (Å²) >= 11 is 0. The first-order chi connectivity index (χ1) is 4.20. The van der Waals surface area contributed by atoms with Crippen molar-refractivity contribution in [1.29, 1.82) is 0 Å². The lowest BCUT2D eigenvalue weighted by atomic mass is 9.97. The van der Waals surface area contributed by atoms with Gasteiger partial charge < -0.3 is 0 Å². The monoisotopic (exact) mass is 142 g/mol. The second kappa shape index (κ2) is 2.62. The highest BCUT2D eigenvalue weighted by Gasteiger charge is 2.16. The fourth-order valence-electron chi connectivity index (χ4n) is 0.978. The molecule has 0 aromatic rings. The lowest BCUT2D eigenvalue weighted by molar-refractivity contribution is -0.114. The van der Waals surface area contributed by atoms with Crippen LogP contribution in [0.1, 0.15) is 13.3 Å². The molecule has 9 heavy (non-hydrogen) atoms. The molecular weight excluding hydrogens is 131 g/mol. The Hall–Kier alpha value is -0.160. The maximum Gasteiger partial charge on any atom is 0.162 e. The normalized spacial score (nSPS) is 35.1. The molecule has 0 fully saturated rings. The minimum atomic E-state index is 0.171. The maximum absolute atomic E-state index is 10.8. The van der Waals surface area contributed by atoms with E-state index in [0.29, 0.717) is 5.92 Å². The molecule has 1 aliphatic carbocycles. The van der Waals surface area contributed by atoms with E-state index >= 15 is 0 Å². The summed E-state index contributed by atoms with van der Waals surface area (Å²) in [6.45, 7) is 2.12. The second-order valence-electron chi connectivity index (χ2n) is 2.58. The number of hydrogen-bond acceptors (Lipinski definition) is 1. The van der Waals surface area contributed by atoms with E-state index in [-0.39, 0.29) is 11.4 Å². The molecule has 0 aliphatic heterocycles. The highest BCUT2D eigenvalue weighted by molar-refractivity contribution is 7.19. The molecule has 2 heteroatoms. The Labute approximate surface area is 57.7 Å². The Kier molecular flexibility index (Phi) is 2.02. The van der Waals surface area contributed by atoms with Crippen molar-refractivity contribution >= 4 is 15.0 Å². The zero-order chi connectivity index (χ0) is 6.85. The summed E-state index contributed by atoms with van der Waals surface area (Å²) in [4.78, 5) is 10.8. The molecule has 0 saturated heterocycles. The van der Waals surface area contributed by atoms with Gasteiger partial charge in [0, 0.05) is 5.66 Å². The van der Waals surface area contributed by atoms with Crippen LogP contribution in [0.3, 0.4) is 0 Å². The fourth-order valence-corrected chi connectivity index (χ4v) is 1.52. The first kappa shape index (κ1) is 6.95. The van der Waals surface area contributed by atoms with Crippen LogP contribution in [-0.4, -0.2) is 11.4 Å². The van der Waals surface area contributed by atoms with Gasteiger partial charge in [-0.15, -0.1) is 9.24 Å². The van der Waals surface area contributed by atoms with Crippen LogP contribution in [0.5, 0.6) is 0 Å². The maximum atomic E-state index is 10.8. The van der Waals surface area contributed by atoms with E-state index in [1.54, 1.807) is 6.08 Å². The summed E-state index contributed by atoms with van der Waals surface area (Å²) in [6.07, 6.45) is 4.65. The van der Waals surface area contributed by atoms with Crippen molar-refractivity contribution in [3.8, 4) is 0 Å². The predicted octanol–water partition coefficient (Wildman–Crippen LogP) is 1.40. The molecule has 1 aliphatic rings. The largest absolute Gasteiger partial charge is 0.294 e. The quantitative estimate of drug-likeness (QED) is 0.467. The fraction of sp³-hybridized carbons (Fsp3) is 0.571. The summed E-state index contributed by atoms with van der Waals surface area (Å²) in [5, 5.41) is 0. The number of ketones is 1. The average molecular weight is 142 g/mol. The molecule has 0 amide bonds. The van der Waals surface area contributed by atoms with Crippen LogP contribution in [-0.2, 0) is 4.79 Å². The molecular formula is C7H11OP.